The van der Waals surface area contributed by atoms with Crippen LogP contribution in [-0.2, 0) is 0 Å². The van der Waals surface area contributed by atoms with Crippen LogP contribution in [-0.4, -0.2) is 5.75 Å². The topological polar surface area (TPSA) is 0 Å². The Kier molecular flexibility index (Phi) is 3.74. The molecule has 0 saturated heterocycles. The smallest absolute Gasteiger partial charge is 0.00963 e. The van der Waals surface area contributed by atoms with Gasteiger partial charge in [-0.3, -0.25) is 0 Å². The molecule has 0 saturated carbocycles. The minimum absolute atomic E-state index is 0.830. The Labute approximate surface area is 45.4 Å². The molecule has 0 N–H and O–H groups in total. The highest BCUT2D eigenvalue weighted by atomic mass is 32.1. The Morgan fingerprint density at radius 3 is 2.17 bits per heavy atom. The van der Waals surface area contributed by atoms with Crippen LogP contribution in [0.1, 0.15) is 20.3 Å². The summed E-state index contributed by atoms with van der Waals surface area (Å²) in [5, 5.41) is 0. The molecule has 1 heteroatoms. The molecule has 0 aliphatic carbocycles. The molecule has 2 radical (unpaired) electrons. The van der Waals surface area contributed by atoms with Crippen molar-refractivity contribution in [3.8, 4) is 0 Å². The summed E-state index contributed by atoms with van der Waals surface area (Å²) in [6.45, 7) is 4.22. The zero-order chi connectivity index (χ0) is 4.99. The molecule has 0 aliphatic heterocycles. The standard InChI is InChI=1S/C5H10S/c1-3-5(2)4-6/h3-4H2,1-2H3. The Balaban J connectivity index is 2.75. The normalized spacial score (nSPS) is 10.0. The Morgan fingerprint density at radius 1 is 1.67 bits per heavy atom. The summed E-state index contributed by atoms with van der Waals surface area (Å²) in [4.78, 5) is 0. The van der Waals surface area contributed by atoms with Gasteiger partial charge in [0.15, 0.2) is 0 Å². The van der Waals surface area contributed by atoms with E-state index in [4.69, 9.17) is 12.6 Å². The lowest BCUT2D eigenvalue weighted by atomic mass is 10.2. The van der Waals surface area contributed by atoms with Gasteiger partial charge in [0.1, 0.15) is 0 Å². The molecule has 0 nitrogen and oxygen atoms in total. The minimum Gasteiger partial charge on any atom is -0.0935 e. The Hall–Kier alpha value is 0.350. The van der Waals surface area contributed by atoms with Crippen molar-refractivity contribution >= 4 is 12.6 Å². The summed E-state index contributed by atoms with van der Waals surface area (Å²) in [5.41, 5.74) is 0. The lowest BCUT2D eigenvalue weighted by Gasteiger charge is -1.96. The van der Waals surface area contributed by atoms with Crippen molar-refractivity contribution in [1.82, 2.24) is 0 Å². The van der Waals surface area contributed by atoms with Crippen LogP contribution < -0.4 is 0 Å². The first-order chi connectivity index (χ1) is 2.81. The van der Waals surface area contributed by atoms with Gasteiger partial charge >= 0.3 is 0 Å². The predicted octanol–water partition coefficient (Wildman–Crippen LogP) is 2.19. The highest BCUT2D eigenvalue weighted by molar-refractivity contribution is 7.80. The lowest BCUT2D eigenvalue weighted by molar-refractivity contribution is 0.935. The van der Waals surface area contributed by atoms with Gasteiger partial charge in [-0.1, -0.05) is 26.5 Å². The molecule has 36 valence electrons. The van der Waals surface area contributed by atoms with Crippen LogP contribution in [0.3, 0.4) is 0 Å². The van der Waals surface area contributed by atoms with Crippen LogP contribution in [0.25, 0.3) is 0 Å². The fraction of sp³-hybridized carbons (Fsp3) is 0.800. The summed E-state index contributed by atoms with van der Waals surface area (Å²) < 4.78 is 0. The zero-order valence-corrected chi connectivity index (χ0v) is 5.14. The quantitative estimate of drug-likeness (QED) is 0.501. The van der Waals surface area contributed by atoms with Crippen molar-refractivity contribution in [3.63, 3.8) is 0 Å². The van der Waals surface area contributed by atoms with E-state index in [0.717, 1.165) is 12.2 Å². The highest BCUT2D eigenvalue weighted by Gasteiger charge is 1.91. The van der Waals surface area contributed by atoms with Crippen LogP contribution in [0.5, 0.6) is 0 Å². The molecular formula is C5H10S. The summed E-state index contributed by atoms with van der Waals surface area (Å²) >= 11 is 4.74. The van der Waals surface area contributed by atoms with Crippen LogP contribution in [0, 0.1) is 5.92 Å². The molecule has 0 aromatic carbocycles. The Bertz CT molecular complexity index is 23.1. The van der Waals surface area contributed by atoms with Crippen LogP contribution in [0.2, 0.25) is 0 Å². The second-order valence-corrected chi connectivity index (χ2v) is 1.74. The van der Waals surface area contributed by atoms with Gasteiger partial charge in [-0.2, -0.15) is 0 Å². The van der Waals surface area contributed by atoms with Gasteiger partial charge in [-0.05, 0) is 12.3 Å². The van der Waals surface area contributed by atoms with Crippen molar-refractivity contribution in [3.05, 3.63) is 5.92 Å². The van der Waals surface area contributed by atoms with Crippen LogP contribution >= 0.6 is 12.6 Å². The van der Waals surface area contributed by atoms with Gasteiger partial charge in [0.2, 0.25) is 0 Å². The zero-order valence-electron chi connectivity index (χ0n) is 4.32. The number of hydrogen-bond donors (Lipinski definition) is 0. The summed E-state index contributed by atoms with van der Waals surface area (Å²) in [7, 11) is 0. The average molecular weight is 102 g/mol. The van der Waals surface area contributed by atoms with E-state index >= 15 is 0 Å². The maximum atomic E-state index is 4.74. The molecule has 0 aromatic heterocycles. The second kappa shape index (κ2) is 3.54. The van der Waals surface area contributed by atoms with Crippen molar-refractivity contribution in [1.29, 1.82) is 0 Å². The Morgan fingerprint density at radius 2 is 2.17 bits per heavy atom. The van der Waals surface area contributed by atoms with Crippen LogP contribution in [0.15, 0.2) is 0 Å². The molecule has 0 bridgehead atoms. The molecule has 0 aliphatic rings. The van der Waals surface area contributed by atoms with Crippen molar-refractivity contribution < 1.29 is 0 Å². The number of rotatable bonds is 2. The van der Waals surface area contributed by atoms with Gasteiger partial charge in [0.05, 0.1) is 0 Å². The van der Waals surface area contributed by atoms with Gasteiger partial charge in [0.25, 0.3) is 0 Å². The van der Waals surface area contributed by atoms with E-state index in [1.165, 1.54) is 5.92 Å². The molecule has 0 fully saturated rings. The van der Waals surface area contributed by atoms with Crippen molar-refractivity contribution in [2.75, 3.05) is 5.75 Å². The molecular weight excluding hydrogens is 92.1 g/mol. The van der Waals surface area contributed by atoms with Gasteiger partial charge in [-0.25, -0.2) is 0 Å². The first-order valence-corrected chi connectivity index (χ1v) is 2.78. The third kappa shape index (κ3) is 2.58. The minimum atomic E-state index is 0.830. The molecule has 0 aromatic rings. The lowest BCUT2D eigenvalue weighted by Crippen LogP contribution is -1.87. The molecule has 6 heavy (non-hydrogen) atoms. The maximum absolute atomic E-state index is 4.74. The fourth-order valence-electron chi connectivity index (χ4n) is 0.102. The van der Waals surface area contributed by atoms with E-state index in [2.05, 4.69) is 13.8 Å². The molecule has 0 spiro atoms. The van der Waals surface area contributed by atoms with Gasteiger partial charge in [-0.15, -0.1) is 0 Å². The summed E-state index contributed by atoms with van der Waals surface area (Å²) in [5.74, 6) is 2.24. The molecule has 0 amide bonds. The van der Waals surface area contributed by atoms with E-state index in [1.807, 2.05) is 0 Å². The van der Waals surface area contributed by atoms with Crippen molar-refractivity contribution in [2.24, 2.45) is 0 Å². The van der Waals surface area contributed by atoms with Gasteiger partial charge < -0.3 is 0 Å². The third-order valence-corrected chi connectivity index (χ3v) is 1.34. The summed E-state index contributed by atoms with van der Waals surface area (Å²) in [6, 6.07) is 0. The van der Waals surface area contributed by atoms with Crippen LogP contribution in [0.4, 0.5) is 0 Å². The first kappa shape index (κ1) is 6.35. The molecule has 0 atom stereocenters. The summed E-state index contributed by atoms with van der Waals surface area (Å²) in [6.07, 6.45) is 1.14. The largest absolute Gasteiger partial charge is 0.0935 e. The first-order valence-electron chi connectivity index (χ1n) is 2.20. The van der Waals surface area contributed by atoms with Crippen molar-refractivity contribution in [2.45, 2.75) is 20.3 Å². The van der Waals surface area contributed by atoms with E-state index < -0.39 is 0 Å². The van der Waals surface area contributed by atoms with E-state index in [0.29, 0.717) is 0 Å². The average Bonchev–Trinajstić information content (AvgIpc) is 1.65. The molecule has 0 heterocycles. The third-order valence-electron chi connectivity index (χ3n) is 0.850. The fourth-order valence-corrected chi connectivity index (χ4v) is 0.306. The maximum Gasteiger partial charge on any atom is 0.00963 e. The van der Waals surface area contributed by atoms with Gasteiger partial charge in [0, 0.05) is 5.75 Å². The number of hydrogen-bond acceptors (Lipinski definition) is 0. The molecule has 0 rings (SSSR count). The van der Waals surface area contributed by atoms with E-state index in [-0.39, 0.29) is 0 Å². The van der Waals surface area contributed by atoms with E-state index in [1.54, 1.807) is 0 Å². The van der Waals surface area contributed by atoms with E-state index in [9.17, 15) is 0 Å². The highest BCUT2D eigenvalue weighted by Crippen LogP contribution is 2.03. The SMILES string of the molecule is CC[C](C)C[S]. The second-order valence-electron chi connectivity index (χ2n) is 1.45. The predicted molar refractivity (Wildman–Crippen MR) is 31.7 cm³/mol. The molecule has 0 unspecified atom stereocenters. The monoisotopic (exact) mass is 102 g/mol.